The maximum Gasteiger partial charge on any atom is 0.00662 e. The lowest BCUT2D eigenvalue weighted by atomic mass is 10.1. The standard InChI is InChI=1S/C12H28N2S/c1-5-12(13-6-2)8-7-10-15-11-9-14(3)4/h12-13H,5-11H2,1-4H3. The van der Waals surface area contributed by atoms with Crippen LogP contribution in [0, 0.1) is 0 Å². The summed E-state index contributed by atoms with van der Waals surface area (Å²) in [5, 5.41) is 3.52. The van der Waals surface area contributed by atoms with E-state index in [0.29, 0.717) is 0 Å². The van der Waals surface area contributed by atoms with E-state index in [4.69, 9.17) is 0 Å². The molecule has 0 radical (unpaired) electrons. The maximum atomic E-state index is 3.52. The van der Waals surface area contributed by atoms with E-state index < -0.39 is 0 Å². The van der Waals surface area contributed by atoms with E-state index in [-0.39, 0.29) is 0 Å². The summed E-state index contributed by atoms with van der Waals surface area (Å²) >= 11 is 2.08. The van der Waals surface area contributed by atoms with Gasteiger partial charge in [-0.3, -0.25) is 0 Å². The minimum absolute atomic E-state index is 0.740. The normalized spacial score (nSPS) is 13.4. The molecule has 0 fully saturated rings. The summed E-state index contributed by atoms with van der Waals surface area (Å²) in [6.07, 6.45) is 3.94. The smallest absolute Gasteiger partial charge is 0.00662 e. The Balaban J connectivity index is 3.21. The second-order valence-electron chi connectivity index (χ2n) is 4.22. The van der Waals surface area contributed by atoms with E-state index in [0.717, 1.165) is 12.6 Å². The van der Waals surface area contributed by atoms with Crippen LogP contribution in [0.5, 0.6) is 0 Å². The molecule has 92 valence electrons. The van der Waals surface area contributed by atoms with Crippen LogP contribution in [0.4, 0.5) is 0 Å². The number of hydrogen-bond acceptors (Lipinski definition) is 3. The summed E-state index contributed by atoms with van der Waals surface area (Å²) in [5.74, 6) is 2.58. The Labute approximate surface area is 100 Å². The highest BCUT2D eigenvalue weighted by molar-refractivity contribution is 7.99. The number of rotatable bonds is 10. The van der Waals surface area contributed by atoms with Crippen LogP contribution in [-0.2, 0) is 0 Å². The van der Waals surface area contributed by atoms with Gasteiger partial charge >= 0.3 is 0 Å². The first-order valence-electron chi connectivity index (χ1n) is 6.16. The third-order valence-corrected chi connectivity index (χ3v) is 3.56. The zero-order chi connectivity index (χ0) is 11.5. The quantitative estimate of drug-likeness (QED) is 0.583. The second kappa shape index (κ2) is 10.8. The van der Waals surface area contributed by atoms with E-state index in [2.05, 4.69) is 49.9 Å². The topological polar surface area (TPSA) is 15.3 Å². The van der Waals surface area contributed by atoms with Crippen molar-refractivity contribution in [2.24, 2.45) is 0 Å². The van der Waals surface area contributed by atoms with Gasteiger partial charge in [0, 0.05) is 18.3 Å². The Kier molecular flexibility index (Phi) is 11.0. The summed E-state index contributed by atoms with van der Waals surface area (Å²) in [6, 6.07) is 0.740. The monoisotopic (exact) mass is 232 g/mol. The van der Waals surface area contributed by atoms with Gasteiger partial charge in [-0.25, -0.2) is 0 Å². The van der Waals surface area contributed by atoms with Crippen molar-refractivity contribution in [3.05, 3.63) is 0 Å². The van der Waals surface area contributed by atoms with E-state index >= 15 is 0 Å². The highest BCUT2D eigenvalue weighted by atomic mass is 32.2. The van der Waals surface area contributed by atoms with Crippen molar-refractivity contribution in [1.29, 1.82) is 0 Å². The van der Waals surface area contributed by atoms with Crippen LogP contribution in [0.25, 0.3) is 0 Å². The summed E-state index contributed by atoms with van der Waals surface area (Å²) in [5.41, 5.74) is 0. The van der Waals surface area contributed by atoms with Gasteiger partial charge in [-0.2, -0.15) is 11.8 Å². The van der Waals surface area contributed by atoms with E-state index in [9.17, 15) is 0 Å². The van der Waals surface area contributed by atoms with E-state index in [1.54, 1.807) is 0 Å². The molecule has 0 aromatic heterocycles. The predicted molar refractivity (Wildman–Crippen MR) is 72.9 cm³/mol. The van der Waals surface area contributed by atoms with Crippen LogP contribution < -0.4 is 5.32 Å². The molecule has 0 aromatic carbocycles. The van der Waals surface area contributed by atoms with Crippen LogP contribution in [0.15, 0.2) is 0 Å². The van der Waals surface area contributed by atoms with Crippen LogP contribution in [0.3, 0.4) is 0 Å². The molecule has 0 aliphatic heterocycles. The van der Waals surface area contributed by atoms with Gasteiger partial charge in [-0.15, -0.1) is 0 Å². The summed E-state index contributed by atoms with van der Waals surface area (Å²) < 4.78 is 0. The molecular weight excluding hydrogens is 204 g/mol. The largest absolute Gasteiger partial charge is 0.314 e. The molecule has 0 bridgehead atoms. The molecule has 0 aromatic rings. The van der Waals surface area contributed by atoms with Gasteiger partial charge in [0.15, 0.2) is 0 Å². The Morgan fingerprint density at radius 3 is 2.47 bits per heavy atom. The van der Waals surface area contributed by atoms with Crippen LogP contribution >= 0.6 is 11.8 Å². The van der Waals surface area contributed by atoms with Crippen molar-refractivity contribution >= 4 is 11.8 Å². The molecule has 3 heteroatoms. The maximum absolute atomic E-state index is 3.52. The molecule has 1 atom stereocenters. The van der Waals surface area contributed by atoms with Crippen molar-refractivity contribution in [1.82, 2.24) is 10.2 Å². The molecule has 1 N–H and O–H groups in total. The highest BCUT2D eigenvalue weighted by Gasteiger charge is 2.03. The first kappa shape index (κ1) is 15.3. The van der Waals surface area contributed by atoms with Crippen LogP contribution in [-0.4, -0.2) is 49.6 Å². The van der Waals surface area contributed by atoms with Gasteiger partial charge < -0.3 is 10.2 Å². The van der Waals surface area contributed by atoms with Crippen molar-refractivity contribution in [2.75, 3.05) is 38.7 Å². The van der Waals surface area contributed by atoms with Gasteiger partial charge in [0.05, 0.1) is 0 Å². The minimum atomic E-state index is 0.740. The molecule has 15 heavy (non-hydrogen) atoms. The van der Waals surface area contributed by atoms with Gasteiger partial charge in [0.2, 0.25) is 0 Å². The summed E-state index contributed by atoms with van der Waals surface area (Å²) in [6.45, 7) is 6.77. The zero-order valence-electron chi connectivity index (χ0n) is 10.9. The van der Waals surface area contributed by atoms with E-state index in [1.165, 1.54) is 37.3 Å². The second-order valence-corrected chi connectivity index (χ2v) is 5.45. The Bertz CT molecular complexity index is 129. The third-order valence-electron chi connectivity index (χ3n) is 2.51. The summed E-state index contributed by atoms with van der Waals surface area (Å²) in [4.78, 5) is 2.25. The minimum Gasteiger partial charge on any atom is -0.314 e. The Morgan fingerprint density at radius 1 is 1.20 bits per heavy atom. The van der Waals surface area contributed by atoms with Crippen molar-refractivity contribution in [3.8, 4) is 0 Å². The Hall–Kier alpha value is 0.270. The first-order valence-corrected chi connectivity index (χ1v) is 7.32. The number of thioether (sulfide) groups is 1. The van der Waals surface area contributed by atoms with Crippen molar-refractivity contribution < 1.29 is 0 Å². The zero-order valence-corrected chi connectivity index (χ0v) is 11.7. The fraction of sp³-hybridized carbons (Fsp3) is 1.00. The van der Waals surface area contributed by atoms with Gasteiger partial charge in [0.1, 0.15) is 0 Å². The lowest BCUT2D eigenvalue weighted by molar-refractivity contribution is 0.437. The number of nitrogens with zero attached hydrogens (tertiary/aromatic N) is 1. The molecule has 0 saturated carbocycles. The SMILES string of the molecule is CCNC(CC)CCCSCCN(C)C. The van der Waals surface area contributed by atoms with Crippen molar-refractivity contribution in [2.45, 2.75) is 39.2 Å². The Morgan fingerprint density at radius 2 is 1.93 bits per heavy atom. The molecule has 0 spiro atoms. The molecule has 2 nitrogen and oxygen atoms in total. The molecule has 0 aliphatic rings. The molecule has 0 heterocycles. The molecule has 0 aliphatic carbocycles. The fourth-order valence-electron chi connectivity index (χ4n) is 1.52. The third kappa shape index (κ3) is 10.6. The fourth-order valence-corrected chi connectivity index (χ4v) is 2.59. The average Bonchev–Trinajstić information content (AvgIpc) is 2.21. The van der Waals surface area contributed by atoms with Crippen LogP contribution in [0.2, 0.25) is 0 Å². The van der Waals surface area contributed by atoms with Crippen LogP contribution in [0.1, 0.15) is 33.1 Å². The van der Waals surface area contributed by atoms with Gasteiger partial charge in [-0.05, 0) is 45.7 Å². The van der Waals surface area contributed by atoms with E-state index in [1.807, 2.05) is 0 Å². The first-order chi connectivity index (χ1) is 7.20. The van der Waals surface area contributed by atoms with Gasteiger partial charge in [-0.1, -0.05) is 13.8 Å². The molecule has 0 saturated heterocycles. The highest BCUT2D eigenvalue weighted by Crippen LogP contribution is 2.08. The molecule has 0 amide bonds. The lowest BCUT2D eigenvalue weighted by Gasteiger charge is -2.15. The summed E-state index contributed by atoms with van der Waals surface area (Å²) in [7, 11) is 4.28. The van der Waals surface area contributed by atoms with Gasteiger partial charge in [0.25, 0.3) is 0 Å². The van der Waals surface area contributed by atoms with Crippen molar-refractivity contribution in [3.63, 3.8) is 0 Å². The number of hydrogen-bond donors (Lipinski definition) is 1. The lowest BCUT2D eigenvalue weighted by Crippen LogP contribution is -2.28. The molecule has 0 rings (SSSR count). The average molecular weight is 232 g/mol. The predicted octanol–water partition coefficient (Wildman–Crippen LogP) is 2.45. The molecular formula is C12H28N2S. The molecule has 1 unspecified atom stereocenters. The number of nitrogens with one attached hydrogen (secondary N) is 1.